The average Bonchev–Trinajstić information content (AvgIpc) is 2.77. The summed E-state index contributed by atoms with van der Waals surface area (Å²) < 4.78 is 10.8. The number of carbonyl (C=O) groups excluding carboxylic acids is 1. The van der Waals surface area contributed by atoms with Crippen LogP contribution in [0, 0.1) is 0 Å². The van der Waals surface area contributed by atoms with Crippen molar-refractivity contribution >= 4 is 22.5 Å². The number of fused-ring (bicyclic) bond motifs is 1. The highest BCUT2D eigenvalue weighted by Crippen LogP contribution is 2.34. The van der Waals surface area contributed by atoms with Crippen LogP contribution in [-0.2, 0) is 6.42 Å². The topological polar surface area (TPSA) is 98.5 Å². The predicted octanol–water partition coefficient (Wildman–Crippen LogP) is 3.29. The molecule has 0 aliphatic carbocycles. The minimum atomic E-state index is -0.491. The Bertz CT molecular complexity index is 1050. The van der Waals surface area contributed by atoms with Crippen molar-refractivity contribution in [3.63, 3.8) is 0 Å². The molecule has 7 nitrogen and oxygen atoms in total. The molecule has 3 rings (SSSR count). The van der Waals surface area contributed by atoms with Crippen molar-refractivity contribution in [3.8, 4) is 11.5 Å². The fourth-order valence-electron chi connectivity index (χ4n) is 3.60. The first-order valence-electron chi connectivity index (χ1n) is 9.87. The number of anilines is 1. The summed E-state index contributed by atoms with van der Waals surface area (Å²) >= 11 is 0. The van der Waals surface area contributed by atoms with Gasteiger partial charge in [0.1, 0.15) is 0 Å². The van der Waals surface area contributed by atoms with E-state index < -0.39 is 5.91 Å². The SMILES string of the molecule is CCc1cnc2c(C(N)=O)cccc2c1NC(CNC)c1ccc(OC)c(OC)c1. The van der Waals surface area contributed by atoms with Gasteiger partial charge in [0.15, 0.2) is 11.5 Å². The number of nitrogens with two attached hydrogens (primary N) is 1. The minimum Gasteiger partial charge on any atom is -0.493 e. The molecule has 0 radical (unpaired) electrons. The molecule has 1 amide bonds. The number of methoxy groups -OCH3 is 2. The molecular weight excluding hydrogens is 380 g/mol. The number of pyridine rings is 1. The molecule has 0 spiro atoms. The van der Waals surface area contributed by atoms with E-state index in [1.54, 1.807) is 20.3 Å². The maximum Gasteiger partial charge on any atom is 0.250 e. The first-order valence-corrected chi connectivity index (χ1v) is 9.87. The number of rotatable bonds is 9. The summed E-state index contributed by atoms with van der Waals surface area (Å²) in [5, 5.41) is 7.77. The number of amides is 1. The van der Waals surface area contributed by atoms with Gasteiger partial charge in [0, 0.05) is 23.8 Å². The van der Waals surface area contributed by atoms with Crippen LogP contribution in [0.5, 0.6) is 11.5 Å². The second-order valence-corrected chi connectivity index (χ2v) is 6.95. The van der Waals surface area contributed by atoms with E-state index in [0.717, 1.165) is 28.6 Å². The van der Waals surface area contributed by atoms with Gasteiger partial charge in [-0.05, 0) is 42.8 Å². The van der Waals surface area contributed by atoms with Crippen LogP contribution in [0.3, 0.4) is 0 Å². The third-order valence-corrected chi connectivity index (χ3v) is 5.16. The zero-order valence-corrected chi connectivity index (χ0v) is 17.8. The molecule has 1 unspecified atom stereocenters. The zero-order valence-electron chi connectivity index (χ0n) is 17.8. The van der Waals surface area contributed by atoms with Crippen LogP contribution >= 0.6 is 0 Å². The number of nitrogens with one attached hydrogen (secondary N) is 2. The number of aryl methyl sites for hydroxylation is 1. The van der Waals surface area contributed by atoms with Crippen molar-refractivity contribution in [3.05, 3.63) is 59.3 Å². The van der Waals surface area contributed by atoms with E-state index in [1.165, 1.54) is 0 Å². The number of nitrogens with zero attached hydrogens (tertiary/aromatic N) is 1. The summed E-state index contributed by atoms with van der Waals surface area (Å²) in [5.41, 5.74) is 9.62. The van der Waals surface area contributed by atoms with Gasteiger partial charge in [-0.1, -0.05) is 25.1 Å². The van der Waals surface area contributed by atoms with Gasteiger partial charge < -0.3 is 25.8 Å². The fraction of sp³-hybridized carbons (Fsp3) is 0.304. The van der Waals surface area contributed by atoms with Crippen LogP contribution in [0.2, 0.25) is 0 Å². The maximum absolute atomic E-state index is 11.9. The van der Waals surface area contributed by atoms with Gasteiger partial charge in [0.25, 0.3) is 5.91 Å². The smallest absolute Gasteiger partial charge is 0.250 e. The molecule has 0 fully saturated rings. The molecule has 1 heterocycles. The molecule has 0 saturated carbocycles. The fourth-order valence-corrected chi connectivity index (χ4v) is 3.60. The lowest BCUT2D eigenvalue weighted by molar-refractivity contribution is 0.100. The van der Waals surface area contributed by atoms with Crippen LogP contribution < -0.4 is 25.8 Å². The third kappa shape index (κ3) is 4.16. The van der Waals surface area contributed by atoms with Crippen LogP contribution in [0.15, 0.2) is 42.6 Å². The standard InChI is InChI=1S/C23H28N4O3/c1-5-14-12-26-22-16(7-6-8-17(22)23(24)28)21(14)27-18(13-25-2)15-9-10-19(29-3)20(11-15)30-4/h6-12,18,25H,5,13H2,1-4H3,(H2,24,28)(H,26,27). The highest BCUT2D eigenvalue weighted by atomic mass is 16.5. The van der Waals surface area contributed by atoms with E-state index >= 15 is 0 Å². The summed E-state index contributed by atoms with van der Waals surface area (Å²) in [4.78, 5) is 16.4. The molecule has 30 heavy (non-hydrogen) atoms. The molecule has 7 heteroatoms. The molecule has 158 valence electrons. The molecule has 0 aliphatic rings. The number of hydrogen-bond donors (Lipinski definition) is 3. The first kappa shape index (κ1) is 21.4. The van der Waals surface area contributed by atoms with Gasteiger partial charge in [-0.3, -0.25) is 9.78 Å². The number of primary amides is 1. The van der Waals surface area contributed by atoms with Crippen molar-refractivity contribution < 1.29 is 14.3 Å². The van der Waals surface area contributed by atoms with Crippen LogP contribution in [0.4, 0.5) is 5.69 Å². The summed E-state index contributed by atoms with van der Waals surface area (Å²) in [6.45, 7) is 2.76. The number of carbonyl (C=O) groups is 1. The van der Waals surface area contributed by atoms with E-state index in [4.69, 9.17) is 15.2 Å². The molecular formula is C23H28N4O3. The lowest BCUT2D eigenvalue weighted by Crippen LogP contribution is -2.24. The third-order valence-electron chi connectivity index (χ3n) is 5.16. The molecule has 2 aromatic carbocycles. The number of likely N-dealkylation sites (N-methyl/N-ethyl adjacent to an activating group) is 1. The van der Waals surface area contributed by atoms with E-state index in [2.05, 4.69) is 22.5 Å². The van der Waals surface area contributed by atoms with Crippen molar-refractivity contribution in [2.45, 2.75) is 19.4 Å². The molecule has 0 aliphatic heterocycles. The predicted molar refractivity (Wildman–Crippen MR) is 119 cm³/mol. The number of para-hydroxylation sites is 1. The molecule has 1 atom stereocenters. The summed E-state index contributed by atoms with van der Waals surface area (Å²) in [7, 11) is 5.15. The molecule has 0 bridgehead atoms. The monoisotopic (exact) mass is 408 g/mol. The molecule has 1 aromatic heterocycles. The molecule has 3 aromatic rings. The Hall–Kier alpha value is -3.32. The van der Waals surface area contributed by atoms with Crippen molar-refractivity contribution in [2.24, 2.45) is 5.73 Å². The van der Waals surface area contributed by atoms with Crippen molar-refractivity contribution in [1.29, 1.82) is 0 Å². The van der Waals surface area contributed by atoms with Crippen LogP contribution in [0.1, 0.15) is 34.5 Å². The lowest BCUT2D eigenvalue weighted by atomic mass is 10.0. The number of benzene rings is 2. The van der Waals surface area contributed by atoms with Crippen LogP contribution in [-0.4, -0.2) is 38.7 Å². The maximum atomic E-state index is 11.9. The van der Waals surface area contributed by atoms with Crippen molar-refractivity contribution in [2.75, 3.05) is 33.1 Å². The lowest BCUT2D eigenvalue weighted by Gasteiger charge is -2.24. The van der Waals surface area contributed by atoms with E-state index in [-0.39, 0.29) is 6.04 Å². The van der Waals surface area contributed by atoms with Crippen molar-refractivity contribution in [1.82, 2.24) is 10.3 Å². The Kier molecular flexibility index (Phi) is 6.74. The highest BCUT2D eigenvalue weighted by Gasteiger charge is 2.19. The Morgan fingerprint density at radius 1 is 1.17 bits per heavy atom. The highest BCUT2D eigenvalue weighted by molar-refractivity contribution is 6.08. The Balaban J connectivity index is 2.11. The molecule has 0 saturated heterocycles. The Morgan fingerprint density at radius 3 is 2.57 bits per heavy atom. The summed E-state index contributed by atoms with van der Waals surface area (Å²) in [5.74, 6) is 0.860. The van der Waals surface area contributed by atoms with Gasteiger partial charge >= 0.3 is 0 Å². The number of hydrogen-bond acceptors (Lipinski definition) is 6. The largest absolute Gasteiger partial charge is 0.493 e. The van der Waals surface area contributed by atoms with Gasteiger partial charge in [-0.15, -0.1) is 0 Å². The number of aromatic nitrogens is 1. The van der Waals surface area contributed by atoms with Crippen LogP contribution in [0.25, 0.3) is 10.9 Å². The van der Waals surface area contributed by atoms with Gasteiger partial charge in [-0.2, -0.15) is 0 Å². The average molecular weight is 409 g/mol. The minimum absolute atomic E-state index is 0.0528. The summed E-state index contributed by atoms with van der Waals surface area (Å²) in [6, 6.07) is 11.3. The van der Waals surface area contributed by atoms with E-state index in [0.29, 0.717) is 29.1 Å². The normalized spacial score (nSPS) is 11.9. The van der Waals surface area contributed by atoms with E-state index in [9.17, 15) is 4.79 Å². The summed E-state index contributed by atoms with van der Waals surface area (Å²) in [6.07, 6.45) is 2.60. The number of ether oxygens (including phenoxy) is 2. The van der Waals surface area contributed by atoms with E-state index in [1.807, 2.05) is 43.6 Å². The Labute approximate surface area is 176 Å². The zero-order chi connectivity index (χ0) is 21.7. The van der Waals surface area contributed by atoms with Gasteiger partial charge in [0.05, 0.1) is 31.3 Å². The first-order chi connectivity index (χ1) is 14.5. The Morgan fingerprint density at radius 2 is 1.93 bits per heavy atom. The van der Waals surface area contributed by atoms with Gasteiger partial charge in [-0.25, -0.2) is 0 Å². The molecule has 4 N–H and O–H groups in total. The quantitative estimate of drug-likeness (QED) is 0.503. The second kappa shape index (κ2) is 9.45. The van der Waals surface area contributed by atoms with Gasteiger partial charge in [0.2, 0.25) is 0 Å². The second-order valence-electron chi connectivity index (χ2n) is 6.95.